The van der Waals surface area contributed by atoms with Crippen LogP contribution in [0.2, 0.25) is 0 Å². The summed E-state index contributed by atoms with van der Waals surface area (Å²) in [4.78, 5) is 0. The van der Waals surface area contributed by atoms with Crippen molar-refractivity contribution in [1.82, 2.24) is 0 Å². The lowest BCUT2D eigenvalue weighted by Gasteiger charge is -2.13. The van der Waals surface area contributed by atoms with Gasteiger partial charge in [0.2, 0.25) is 0 Å². The van der Waals surface area contributed by atoms with Crippen molar-refractivity contribution < 1.29 is 19.0 Å². The van der Waals surface area contributed by atoms with E-state index in [4.69, 9.17) is 14.6 Å². The SMILES string of the molecule is CCOc1cc(CO)ccc1OCc1ccc(F)c(Br)c1. The summed E-state index contributed by atoms with van der Waals surface area (Å²) in [7, 11) is 0. The molecule has 0 fully saturated rings. The predicted molar refractivity (Wildman–Crippen MR) is 82.0 cm³/mol. The maximum Gasteiger partial charge on any atom is 0.161 e. The first-order chi connectivity index (χ1) is 10.1. The van der Waals surface area contributed by atoms with Crippen LogP contribution in [-0.2, 0) is 13.2 Å². The zero-order valence-electron chi connectivity index (χ0n) is 11.6. The fourth-order valence-electron chi connectivity index (χ4n) is 1.83. The van der Waals surface area contributed by atoms with E-state index in [0.29, 0.717) is 29.2 Å². The molecule has 2 aromatic rings. The van der Waals surface area contributed by atoms with Crippen molar-refractivity contribution in [1.29, 1.82) is 0 Å². The fourth-order valence-corrected chi connectivity index (χ4v) is 2.26. The second-order valence-electron chi connectivity index (χ2n) is 4.41. The normalized spacial score (nSPS) is 10.5. The fraction of sp³-hybridized carbons (Fsp3) is 0.250. The minimum atomic E-state index is -0.305. The van der Waals surface area contributed by atoms with E-state index in [1.807, 2.05) is 6.92 Å². The molecule has 0 heterocycles. The topological polar surface area (TPSA) is 38.7 Å². The van der Waals surface area contributed by atoms with Crippen molar-refractivity contribution in [3.8, 4) is 11.5 Å². The molecule has 5 heteroatoms. The van der Waals surface area contributed by atoms with Crippen LogP contribution in [0.15, 0.2) is 40.9 Å². The molecule has 112 valence electrons. The molecule has 0 amide bonds. The highest BCUT2D eigenvalue weighted by Crippen LogP contribution is 2.29. The number of rotatable bonds is 6. The molecule has 0 saturated heterocycles. The van der Waals surface area contributed by atoms with Crippen molar-refractivity contribution >= 4 is 15.9 Å². The third kappa shape index (κ3) is 4.19. The van der Waals surface area contributed by atoms with Crippen LogP contribution < -0.4 is 9.47 Å². The number of halogens is 2. The van der Waals surface area contributed by atoms with E-state index in [1.54, 1.807) is 30.3 Å². The third-order valence-corrected chi connectivity index (χ3v) is 3.48. The molecule has 2 aromatic carbocycles. The van der Waals surface area contributed by atoms with Gasteiger partial charge in [-0.1, -0.05) is 12.1 Å². The molecular weight excluding hydrogens is 339 g/mol. The number of aliphatic hydroxyl groups is 1. The van der Waals surface area contributed by atoms with Gasteiger partial charge in [0, 0.05) is 0 Å². The number of hydrogen-bond donors (Lipinski definition) is 1. The van der Waals surface area contributed by atoms with E-state index < -0.39 is 0 Å². The van der Waals surface area contributed by atoms with E-state index >= 15 is 0 Å². The molecular formula is C16H16BrFO3. The Hall–Kier alpha value is -1.59. The highest BCUT2D eigenvalue weighted by molar-refractivity contribution is 9.10. The Morgan fingerprint density at radius 1 is 1.05 bits per heavy atom. The molecule has 0 unspecified atom stereocenters. The molecule has 0 aliphatic heterocycles. The molecule has 0 bridgehead atoms. The van der Waals surface area contributed by atoms with Gasteiger partial charge >= 0.3 is 0 Å². The number of aliphatic hydroxyl groups excluding tert-OH is 1. The van der Waals surface area contributed by atoms with Crippen molar-refractivity contribution in [3.63, 3.8) is 0 Å². The summed E-state index contributed by atoms with van der Waals surface area (Å²) in [5.74, 6) is 0.876. The van der Waals surface area contributed by atoms with E-state index in [9.17, 15) is 4.39 Å². The van der Waals surface area contributed by atoms with Crippen LogP contribution in [0.5, 0.6) is 11.5 Å². The first-order valence-electron chi connectivity index (χ1n) is 6.57. The maximum absolute atomic E-state index is 13.2. The summed E-state index contributed by atoms with van der Waals surface area (Å²) in [5.41, 5.74) is 1.60. The molecule has 0 aliphatic carbocycles. The third-order valence-electron chi connectivity index (χ3n) is 2.87. The summed E-state index contributed by atoms with van der Waals surface area (Å²) in [6, 6.07) is 10.0. The van der Waals surface area contributed by atoms with E-state index in [-0.39, 0.29) is 12.4 Å². The Kier molecular flexibility index (Phi) is 5.59. The van der Waals surface area contributed by atoms with Gasteiger partial charge in [-0.2, -0.15) is 0 Å². The summed E-state index contributed by atoms with van der Waals surface area (Å²) in [6.45, 7) is 2.64. The Balaban J connectivity index is 2.13. The quantitative estimate of drug-likeness (QED) is 0.850. The summed E-state index contributed by atoms with van der Waals surface area (Å²) in [5, 5.41) is 9.15. The molecule has 21 heavy (non-hydrogen) atoms. The first-order valence-corrected chi connectivity index (χ1v) is 7.36. The Morgan fingerprint density at radius 2 is 1.81 bits per heavy atom. The maximum atomic E-state index is 13.2. The van der Waals surface area contributed by atoms with Gasteiger partial charge in [0.05, 0.1) is 17.7 Å². The second-order valence-corrected chi connectivity index (χ2v) is 5.26. The van der Waals surface area contributed by atoms with Gasteiger partial charge in [-0.05, 0) is 58.2 Å². The molecule has 3 nitrogen and oxygen atoms in total. The van der Waals surface area contributed by atoms with E-state index in [0.717, 1.165) is 11.1 Å². The zero-order valence-corrected chi connectivity index (χ0v) is 13.2. The lowest BCUT2D eigenvalue weighted by Crippen LogP contribution is -2.01. The van der Waals surface area contributed by atoms with Crippen molar-refractivity contribution in [2.75, 3.05) is 6.61 Å². The largest absolute Gasteiger partial charge is 0.490 e. The van der Waals surface area contributed by atoms with Crippen LogP contribution in [0.4, 0.5) is 4.39 Å². The minimum absolute atomic E-state index is 0.0503. The van der Waals surface area contributed by atoms with Gasteiger partial charge in [0.25, 0.3) is 0 Å². The molecule has 0 aliphatic rings. The summed E-state index contributed by atoms with van der Waals surface area (Å²) >= 11 is 3.15. The van der Waals surface area contributed by atoms with E-state index in [2.05, 4.69) is 15.9 Å². The Bertz CT molecular complexity index is 616. The predicted octanol–water partition coefficient (Wildman–Crippen LogP) is 4.06. The first kappa shape index (κ1) is 15.8. The van der Waals surface area contributed by atoms with Crippen LogP contribution >= 0.6 is 15.9 Å². The minimum Gasteiger partial charge on any atom is -0.490 e. The molecule has 1 N–H and O–H groups in total. The van der Waals surface area contributed by atoms with Gasteiger partial charge in [0.15, 0.2) is 11.5 Å². The van der Waals surface area contributed by atoms with Gasteiger partial charge in [-0.3, -0.25) is 0 Å². The molecule has 2 rings (SSSR count). The van der Waals surface area contributed by atoms with Gasteiger partial charge < -0.3 is 14.6 Å². The molecule has 0 spiro atoms. The monoisotopic (exact) mass is 354 g/mol. The molecule has 0 saturated carbocycles. The molecule has 0 radical (unpaired) electrons. The average Bonchev–Trinajstić information content (AvgIpc) is 2.49. The van der Waals surface area contributed by atoms with Crippen LogP contribution in [-0.4, -0.2) is 11.7 Å². The standard InChI is InChI=1S/C16H16BrFO3/c1-2-20-16-8-11(9-19)4-6-15(16)21-10-12-3-5-14(18)13(17)7-12/h3-8,19H,2,9-10H2,1H3. The lowest BCUT2D eigenvalue weighted by molar-refractivity contribution is 0.263. The zero-order chi connectivity index (χ0) is 15.2. The smallest absolute Gasteiger partial charge is 0.161 e. The number of ether oxygens (including phenoxy) is 2. The van der Waals surface area contributed by atoms with Crippen molar-refractivity contribution in [2.45, 2.75) is 20.1 Å². The summed E-state index contributed by atoms with van der Waals surface area (Å²) < 4.78 is 24.8. The number of benzene rings is 2. The van der Waals surface area contributed by atoms with Gasteiger partial charge in [-0.15, -0.1) is 0 Å². The number of hydrogen-bond acceptors (Lipinski definition) is 3. The Morgan fingerprint density at radius 3 is 2.48 bits per heavy atom. The summed E-state index contributed by atoms with van der Waals surface area (Å²) in [6.07, 6.45) is 0. The van der Waals surface area contributed by atoms with Crippen LogP contribution in [0.1, 0.15) is 18.1 Å². The highest BCUT2D eigenvalue weighted by atomic mass is 79.9. The Labute approximate surface area is 131 Å². The molecule has 0 aromatic heterocycles. The van der Waals surface area contributed by atoms with Crippen LogP contribution in [0, 0.1) is 5.82 Å². The van der Waals surface area contributed by atoms with Crippen LogP contribution in [0.3, 0.4) is 0 Å². The van der Waals surface area contributed by atoms with Gasteiger partial charge in [-0.25, -0.2) is 4.39 Å². The van der Waals surface area contributed by atoms with Crippen molar-refractivity contribution in [3.05, 3.63) is 57.8 Å². The molecule has 0 atom stereocenters. The van der Waals surface area contributed by atoms with Crippen LogP contribution in [0.25, 0.3) is 0 Å². The average molecular weight is 355 g/mol. The lowest BCUT2D eigenvalue weighted by atomic mass is 10.2. The van der Waals surface area contributed by atoms with Gasteiger partial charge in [0.1, 0.15) is 12.4 Å². The highest BCUT2D eigenvalue weighted by Gasteiger charge is 2.07. The van der Waals surface area contributed by atoms with E-state index in [1.165, 1.54) is 6.07 Å². The van der Waals surface area contributed by atoms with Crippen molar-refractivity contribution in [2.24, 2.45) is 0 Å². The second kappa shape index (κ2) is 7.43.